The van der Waals surface area contributed by atoms with E-state index >= 15 is 0 Å². The number of methoxy groups -OCH3 is 2. The molecule has 0 radical (unpaired) electrons. The van der Waals surface area contributed by atoms with Gasteiger partial charge < -0.3 is 24.4 Å². The van der Waals surface area contributed by atoms with Crippen LogP contribution < -0.4 is 14.8 Å². The van der Waals surface area contributed by atoms with Gasteiger partial charge in [0.15, 0.2) is 11.5 Å². The van der Waals surface area contributed by atoms with Crippen LogP contribution in [0.4, 0.5) is 0 Å². The molecular weight excluding hydrogens is 332 g/mol. The van der Waals surface area contributed by atoms with Crippen molar-refractivity contribution in [1.29, 1.82) is 0 Å². The number of nitrogens with zero attached hydrogens (tertiary/aromatic N) is 1. The molecule has 1 N–H and O–H groups in total. The van der Waals surface area contributed by atoms with Gasteiger partial charge in [-0.05, 0) is 30.0 Å². The first-order chi connectivity index (χ1) is 12.5. The molecule has 1 aliphatic heterocycles. The van der Waals surface area contributed by atoms with Crippen molar-refractivity contribution in [2.45, 2.75) is 32.7 Å². The molecule has 1 heterocycles. The summed E-state index contributed by atoms with van der Waals surface area (Å²) in [6, 6.07) is 6.03. The standard InChI is InChI=1S/C20H32N2O4/c1-15(2)13-22(20(23)12-17-14-26-10-8-21-17)9-7-16-5-6-18(24-3)19(11-16)25-4/h5-6,11,15,17,21H,7-10,12-14H2,1-4H3. The van der Waals surface area contributed by atoms with Gasteiger partial charge >= 0.3 is 0 Å². The summed E-state index contributed by atoms with van der Waals surface area (Å²) >= 11 is 0. The molecule has 6 nitrogen and oxygen atoms in total. The van der Waals surface area contributed by atoms with Gasteiger partial charge in [-0.15, -0.1) is 0 Å². The molecule has 0 saturated carbocycles. The minimum absolute atomic E-state index is 0.118. The first-order valence-electron chi connectivity index (χ1n) is 9.33. The fourth-order valence-corrected chi connectivity index (χ4v) is 3.15. The van der Waals surface area contributed by atoms with Gasteiger partial charge in [0.25, 0.3) is 0 Å². The van der Waals surface area contributed by atoms with Gasteiger partial charge in [0, 0.05) is 32.1 Å². The molecular formula is C20H32N2O4. The van der Waals surface area contributed by atoms with Gasteiger partial charge in [-0.1, -0.05) is 19.9 Å². The monoisotopic (exact) mass is 364 g/mol. The van der Waals surface area contributed by atoms with Gasteiger partial charge in [-0.3, -0.25) is 4.79 Å². The molecule has 2 rings (SSSR count). The largest absolute Gasteiger partial charge is 0.493 e. The van der Waals surface area contributed by atoms with E-state index in [2.05, 4.69) is 19.2 Å². The molecule has 1 saturated heterocycles. The summed E-state index contributed by atoms with van der Waals surface area (Å²) in [5, 5.41) is 3.36. The van der Waals surface area contributed by atoms with Crippen LogP contribution in [0.15, 0.2) is 18.2 Å². The number of nitrogens with one attached hydrogen (secondary N) is 1. The lowest BCUT2D eigenvalue weighted by atomic mass is 10.1. The van der Waals surface area contributed by atoms with E-state index in [0.717, 1.165) is 43.2 Å². The average Bonchev–Trinajstić information content (AvgIpc) is 2.65. The fraction of sp³-hybridized carbons (Fsp3) is 0.650. The molecule has 26 heavy (non-hydrogen) atoms. The van der Waals surface area contributed by atoms with Crippen LogP contribution in [-0.2, 0) is 16.0 Å². The van der Waals surface area contributed by atoms with Crippen molar-refractivity contribution in [3.63, 3.8) is 0 Å². The smallest absolute Gasteiger partial charge is 0.224 e. The summed E-state index contributed by atoms with van der Waals surface area (Å²) in [6.07, 6.45) is 1.27. The van der Waals surface area contributed by atoms with Crippen molar-refractivity contribution in [2.75, 3.05) is 47.1 Å². The van der Waals surface area contributed by atoms with Crippen LogP contribution in [0.2, 0.25) is 0 Å². The summed E-state index contributed by atoms with van der Waals surface area (Å²) in [4.78, 5) is 14.7. The maximum absolute atomic E-state index is 12.8. The van der Waals surface area contributed by atoms with Crippen LogP contribution in [0, 0.1) is 5.92 Å². The predicted molar refractivity (Wildman–Crippen MR) is 102 cm³/mol. The van der Waals surface area contributed by atoms with E-state index in [4.69, 9.17) is 14.2 Å². The van der Waals surface area contributed by atoms with E-state index in [1.165, 1.54) is 0 Å². The zero-order valence-corrected chi connectivity index (χ0v) is 16.4. The van der Waals surface area contributed by atoms with Crippen molar-refractivity contribution in [2.24, 2.45) is 5.92 Å². The number of amides is 1. The average molecular weight is 364 g/mol. The van der Waals surface area contributed by atoms with Gasteiger partial charge in [0.1, 0.15) is 0 Å². The van der Waals surface area contributed by atoms with Crippen LogP contribution in [0.3, 0.4) is 0 Å². The van der Waals surface area contributed by atoms with Gasteiger partial charge in [-0.2, -0.15) is 0 Å². The Balaban J connectivity index is 1.97. The topological polar surface area (TPSA) is 60.0 Å². The third kappa shape index (κ3) is 6.18. The summed E-state index contributed by atoms with van der Waals surface area (Å²) in [5.74, 6) is 2.05. The minimum Gasteiger partial charge on any atom is -0.493 e. The normalized spacial score (nSPS) is 17.2. The van der Waals surface area contributed by atoms with Crippen molar-refractivity contribution in [3.05, 3.63) is 23.8 Å². The number of morpholine rings is 1. The molecule has 1 aromatic carbocycles. The quantitative estimate of drug-likeness (QED) is 0.727. The van der Waals surface area contributed by atoms with Crippen molar-refractivity contribution >= 4 is 5.91 Å². The molecule has 1 amide bonds. The van der Waals surface area contributed by atoms with Crippen molar-refractivity contribution in [1.82, 2.24) is 10.2 Å². The Morgan fingerprint density at radius 1 is 1.31 bits per heavy atom. The number of rotatable bonds is 9. The third-order valence-corrected chi connectivity index (χ3v) is 4.48. The lowest BCUT2D eigenvalue weighted by Gasteiger charge is -2.29. The lowest BCUT2D eigenvalue weighted by Crippen LogP contribution is -2.46. The SMILES string of the molecule is COc1ccc(CCN(CC(C)C)C(=O)CC2COCCN2)cc1OC. The summed E-state index contributed by atoms with van der Waals surface area (Å²) in [7, 11) is 3.26. The Hall–Kier alpha value is -1.79. The van der Waals surface area contributed by atoms with E-state index in [-0.39, 0.29) is 11.9 Å². The van der Waals surface area contributed by atoms with Crippen molar-refractivity contribution in [3.8, 4) is 11.5 Å². The highest BCUT2D eigenvalue weighted by Gasteiger charge is 2.21. The molecule has 0 aromatic heterocycles. The number of carbonyl (C=O) groups excluding carboxylic acids is 1. The van der Waals surface area contributed by atoms with E-state index in [1.54, 1.807) is 14.2 Å². The first kappa shape index (κ1) is 20.5. The Labute approximate surface area is 156 Å². The predicted octanol–water partition coefficient (Wildman–Crippen LogP) is 2.11. The fourth-order valence-electron chi connectivity index (χ4n) is 3.15. The third-order valence-electron chi connectivity index (χ3n) is 4.48. The van der Waals surface area contributed by atoms with E-state index in [9.17, 15) is 4.79 Å². The van der Waals surface area contributed by atoms with Crippen LogP contribution in [0.5, 0.6) is 11.5 Å². The molecule has 1 aromatic rings. The van der Waals surface area contributed by atoms with Crippen LogP contribution in [0.25, 0.3) is 0 Å². The zero-order chi connectivity index (χ0) is 18.9. The van der Waals surface area contributed by atoms with Crippen LogP contribution in [-0.4, -0.2) is 63.9 Å². The second kappa shape index (κ2) is 10.4. The minimum atomic E-state index is 0.118. The number of ether oxygens (including phenoxy) is 3. The molecule has 1 atom stereocenters. The lowest BCUT2D eigenvalue weighted by molar-refractivity contribution is -0.133. The molecule has 0 aliphatic carbocycles. The molecule has 0 spiro atoms. The number of benzene rings is 1. The second-order valence-corrected chi connectivity index (χ2v) is 7.10. The number of hydrogen-bond acceptors (Lipinski definition) is 5. The van der Waals surface area contributed by atoms with Crippen LogP contribution in [0.1, 0.15) is 25.8 Å². The maximum Gasteiger partial charge on any atom is 0.224 e. The van der Waals surface area contributed by atoms with Gasteiger partial charge in [0.2, 0.25) is 5.91 Å². The Morgan fingerprint density at radius 2 is 2.08 bits per heavy atom. The Bertz CT molecular complexity index is 571. The number of hydrogen-bond donors (Lipinski definition) is 1. The summed E-state index contributed by atoms with van der Waals surface area (Å²) in [6.45, 7) is 7.88. The van der Waals surface area contributed by atoms with Crippen LogP contribution >= 0.6 is 0 Å². The number of carbonyl (C=O) groups is 1. The molecule has 1 unspecified atom stereocenters. The van der Waals surface area contributed by atoms with Gasteiger partial charge in [-0.25, -0.2) is 0 Å². The second-order valence-electron chi connectivity index (χ2n) is 7.10. The highest BCUT2D eigenvalue weighted by atomic mass is 16.5. The molecule has 1 fully saturated rings. The first-order valence-corrected chi connectivity index (χ1v) is 9.33. The van der Waals surface area contributed by atoms with E-state index < -0.39 is 0 Å². The molecule has 6 heteroatoms. The van der Waals surface area contributed by atoms with Gasteiger partial charge in [0.05, 0.1) is 27.4 Å². The Kier molecular flexibility index (Phi) is 8.19. The Morgan fingerprint density at radius 3 is 2.69 bits per heavy atom. The maximum atomic E-state index is 12.8. The molecule has 1 aliphatic rings. The van der Waals surface area contributed by atoms with Crippen molar-refractivity contribution < 1.29 is 19.0 Å². The molecule has 146 valence electrons. The zero-order valence-electron chi connectivity index (χ0n) is 16.4. The highest BCUT2D eigenvalue weighted by molar-refractivity contribution is 5.77. The molecule has 0 bridgehead atoms. The summed E-state index contributed by atoms with van der Waals surface area (Å²) < 4.78 is 16.1. The van der Waals surface area contributed by atoms with E-state index in [1.807, 2.05) is 23.1 Å². The highest BCUT2D eigenvalue weighted by Crippen LogP contribution is 2.27. The van der Waals surface area contributed by atoms with E-state index in [0.29, 0.717) is 25.5 Å². The summed E-state index contributed by atoms with van der Waals surface area (Å²) in [5.41, 5.74) is 1.13.